The molecule has 4 rings (SSSR count). The van der Waals surface area contributed by atoms with Crippen LogP contribution >= 0.6 is 0 Å². The molecule has 2 aliphatic rings. The van der Waals surface area contributed by atoms with Gasteiger partial charge in [-0.1, -0.05) is 18.9 Å². The van der Waals surface area contributed by atoms with Gasteiger partial charge in [0.05, 0.1) is 11.2 Å². The minimum absolute atomic E-state index is 0.0547. The van der Waals surface area contributed by atoms with Crippen LogP contribution < -0.4 is 5.32 Å². The van der Waals surface area contributed by atoms with Gasteiger partial charge in [-0.2, -0.15) is 13.2 Å². The third kappa shape index (κ3) is 4.52. The molecule has 3 heterocycles. The van der Waals surface area contributed by atoms with Gasteiger partial charge in [0.25, 0.3) is 0 Å². The zero-order valence-electron chi connectivity index (χ0n) is 17.0. The number of halogens is 3. The summed E-state index contributed by atoms with van der Waals surface area (Å²) in [5, 5.41) is 3.23. The molecule has 0 radical (unpaired) electrons. The second-order valence-corrected chi connectivity index (χ2v) is 8.64. The van der Waals surface area contributed by atoms with E-state index in [1.54, 1.807) is 6.20 Å². The van der Waals surface area contributed by atoms with Gasteiger partial charge in [0, 0.05) is 43.4 Å². The van der Waals surface area contributed by atoms with Crippen LogP contribution in [0.25, 0.3) is 0 Å². The number of ether oxygens (including phenoxy) is 1. The Morgan fingerprint density at radius 2 is 1.83 bits per heavy atom. The Balaban J connectivity index is 1.47. The fraction of sp³-hybridized carbons (Fsp3) is 0.565. The SMILES string of the molecule is FC(F)(F)c1ccncc1CNCC[C@]1(c2cccnc2)CCOC2(CCCC2)C1. The number of hydrogen-bond donors (Lipinski definition) is 1. The molecule has 1 atom stereocenters. The van der Waals surface area contributed by atoms with Gasteiger partial charge in [-0.25, -0.2) is 0 Å². The molecule has 1 aliphatic heterocycles. The highest BCUT2D eigenvalue weighted by molar-refractivity contribution is 5.27. The zero-order chi connectivity index (χ0) is 21.1. The molecule has 0 aromatic carbocycles. The Morgan fingerprint density at radius 1 is 1.03 bits per heavy atom. The van der Waals surface area contributed by atoms with E-state index in [4.69, 9.17) is 4.74 Å². The van der Waals surface area contributed by atoms with Crippen LogP contribution in [-0.4, -0.2) is 28.7 Å². The normalized spacial score (nSPS) is 23.7. The lowest BCUT2D eigenvalue weighted by Gasteiger charge is -2.47. The van der Waals surface area contributed by atoms with Gasteiger partial charge in [-0.15, -0.1) is 0 Å². The number of pyridine rings is 2. The molecule has 1 aliphatic carbocycles. The second-order valence-electron chi connectivity index (χ2n) is 8.64. The van der Waals surface area contributed by atoms with E-state index in [2.05, 4.69) is 21.4 Å². The number of rotatable bonds is 6. The summed E-state index contributed by atoms with van der Waals surface area (Å²) in [7, 11) is 0. The maximum absolute atomic E-state index is 13.2. The maximum Gasteiger partial charge on any atom is 0.416 e. The van der Waals surface area contributed by atoms with Crippen molar-refractivity contribution < 1.29 is 17.9 Å². The summed E-state index contributed by atoms with van der Waals surface area (Å²) in [5.41, 5.74) is 0.647. The predicted octanol–water partition coefficient (Wildman–Crippen LogP) is 5.04. The summed E-state index contributed by atoms with van der Waals surface area (Å²) in [4.78, 5) is 8.21. The van der Waals surface area contributed by atoms with Crippen molar-refractivity contribution in [1.82, 2.24) is 15.3 Å². The first-order valence-electron chi connectivity index (χ1n) is 10.7. The number of aromatic nitrogens is 2. The van der Waals surface area contributed by atoms with Crippen LogP contribution in [0.5, 0.6) is 0 Å². The number of nitrogens with one attached hydrogen (secondary N) is 1. The second kappa shape index (κ2) is 8.63. The van der Waals surface area contributed by atoms with E-state index in [1.165, 1.54) is 30.8 Å². The molecule has 1 N–H and O–H groups in total. The molecular weight excluding hydrogens is 391 g/mol. The highest BCUT2D eigenvalue weighted by Gasteiger charge is 2.47. The van der Waals surface area contributed by atoms with Crippen LogP contribution in [0.15, 0.2) is 43.0 Å². The van der Waals surface area contributed by atoms with Gasteiger partial charge in [0.1, 0.15) is 0 Å². The van der Waals surface area contributed by atoms with Crippen LogP contribution in [0.3, 0.4) is 0 Å². The van der Waals surface area contributed by atoms with E-state index in [9.17, 15) is 13.2 Å². The number of nitrogens with zero attached hydrogens (tertiary/aromatic N) is 2. The standard InChI is InChI=1S/C23H28F3N3O/c24-23(25,26)20-5-11-28-14-18(20)15-29-12-8-21(19-4-3-10-27-16-19)9-13-30-22(17-21)6-1-2-7-22/h3-5,10-11,14,16,29H,1-2,6-9,12-13,15,17H2/t21-/m0/s1. The number of hydrogen-bond acceptors (Lipinski definition) is 4. The molecule has 7 heteroatoms. The Bertz CT molecular complexity index is 837. The minimum atomic E-state index is -4.37. The fourth-order valence-electron chi connectivity index (χ4n) is 5.24. The first kappa shape index (κ1) is 21.2. The van der Waals surface area contributed by atoms with Gasteiger partial charge >= 0.3 is 6.18 Å². The summed E-state index contributed by atoms with van der Waals surface area (Å²) in [6.07, 6.45) is 9.11. The van der Waals surface area contributed by atoms with Crippen LogP contribution in [-0.2, 0) is 22.9 Å². The van der Waals surface area contributed by atoms with Gasteiger partial charge in [0.15, 0.2) is 0 Å². The van der Waals surface area contributed by atoms with E-state index in [0.717, 1.165) is 44.8 Å². The van der Waals surface area contributed by atoms with Crippen molar-refractivity contribution in [3.05, 3.63) is 59.7 Å². The highest BCUT2D eigenvalue weighted by Crippen LogP contribution is 2.49. The lowest BCUT2D eigenvalue weighted by Crippen LogP contribution is -2.47. The molecule has 4 nitrogen and oxygen atoms in total. The Morgan fingerprint density at radius 3 is 2.57 bits per heavy atom. The minimum Gasteiger partial charge on any atom is -0.375 e. The zero-order valence-corrected chi connectivity index (χ0v) is 17.0. The van der Waals surface area contributed by atoms with Crippen molar-refractivity contribution in [3.8, 4) is 0 Å². The van der Waals surface area contributed by atoms with Gasteiger partial charge in [-0.3, -0.25) is 9.97 Å². The first-order chi connectivity index (χ1) is 14.4. The molecule has 30 heavy (non-hydrogen) atoms. The Hall–Kier alpha value is -1.99. The summed E-state index contributed by atoms with van der Waals surface area (Å²) < 4.78 is 45.9. The lowest BCUT2D eigenvalue weighted by atomic mass is 9.66. The van der Waals surface area contributed by atoms with Gasteiger partial charge in [-0.05, 0) is 61.9 Å². The van der Waals surface area contributed by atoms with Crippen LogP contribution in [0, 0.1) is 0 Å². The van der Waals surface area contributed by atoms with Crippen LogP contribution in [0.1, 0.15) is 61.6 Å². The smallest absolute Gasteiger partial charge is 0.375 e. The van der Waals surface area contributed by atoms with Gasteiger partial charge < -0.3 is 10.1 Å². The summed E-state index contributed by atoms with van der Waals surface area (Å²) >= 11 is 0. The van der Waals surface area contributed by atoms with E-state index in [-0.39, 0.29) is 23.1 Å². The van der Waals surface area contributed by atoms with Crippen molar-refractivity contribution >= 4 is 0 Å². The Kier molecular flexibility index (Phi) is 6.11. The molecule has 2 aromatic heterocycles. The maximum atomic E-state index is 13.2. The van der Waals surface area contributed by atoms with Crippen molar-refractivity contribution in [3.63, 3.8) is 0 Å². The van der Waals surface area contributed by atoms with Crippen LogP contribution in [0.2, 0.25) is 0 Å². The molecule has 0 bridgehead atoms. The Labute approximate surface area is 175 Å². The quantitative estimate of drug-likeness (QED) is 0.667. The average Bonchev–Trinajstić information content (AvgIpc) is 3.19. The van der Waals surface area contributed by atoms with E-state index < -0.39 is 11.7 Å². The number of alkyl halides is 3. The molecule has 0 unspecified atom stereocenters. The van der Waals surface area contributed by atoms with E-state index in [1.807, 2.05) is 12.3 Å². The molecule has 2 fully saturated rings. The molecule has 162 valence electrons. The van der Waals surface area contributed by atoms with Crippen LogP contribution in [0.4, 0.5) is 13.2 Å². The fourth-order valence-corrected chi connectivity index (χ4v) is 5.24. The van der Waals surface area contributed by atoms with E-state index >= 15 is 0 Å². The van der Waals surface area contributed by atoms with Crippen molar-refractivity contribution in [2.24, 2.45) is 0 Å². The average molecular weight is 419 g/mol. The summed E-state index contributed by atoms with van der Waals surface area (Å²) in [5.74, 6) is 0. The third-order valence-electron chi connectivity index (χ3n) is 6.74. The first-order valence-corrected chi connectivity index (χ1v) is 10.7. The molecule has 1 saturated heterocycles. The van der Waals surface area contributed by atoms with Crippen molar-refractivity contribution in [1.29, 1.82) is 0 Å². The molecule has 0 amide bonds. The highest BCUT2D eigenvalue weighted by atomic mass is 19.4. The lowest BCUT2D eigenvalue weighted by molar-refractivity contribution is -0.138. The molecular formula is C23H28F3N3O. The monoisotopic (exact) mass is 419 g/mol. The third-order valence-corrected chi connectivity index (χ3v) is 6.74. The molecule has 1 saturated carbocycles. The van der Waals surface area contributed by atoms with E-state index in [0.29, 0.717) is 6.54 Å². The molecule has 1 spiro atoms. The predicted molar refractivity (Wildman–Crippen MR) is 108 cm³/mol. The van der Waals surface area contributed by atoms with Crippen molar-refractivity contribution in [2.45, 2.75) is 68.7 Å². The van der Waals surface area contributed by atoms with Gasteiger partial charge in [0.2, 0.25) is 0 Å². The summed E-state index contributed by atoms with van der Waals surface area (Å²) in [6, 6.07) is 5.13. The topological polar surface area (TPSA) is 47.0 Å². The van der Waals surface area contributed by atoms with Crippen molar-refractivity contribution in [2.75, 3.05) is 13.2 Å². The largest absolute Gasteiger partial charge is 0.416 e. The molecule has 2 aromatic rings. The summed E-state index contributed by atoms with van der Waals surface area (Å²) in [6.45, 7) is 1.49.